The zero-order valence-corrected chi connectivity index (χ0v) is 10.7. The minimum absolute atomic E-state index is 0.173. The predicted octanol–water partition coefficient (Wildman–Crippen LogP) is 2.53. The van der Waals surface area contributed by atoms with Gasteiger partial charge in [-0.15, -0.1) is 0 Å². The van der Waals surface area contributed by atoms with Crippen LogP contribution < -0.4 is 10.6 Å². The lowest BCUT2D eigenvalue weighted by Crippen LogP contribution is -2.34. The predicted molar refractivity (Wildman–Crippen MR) is 74.6 cm³/mol. The second-order valence-electron chi connectivity index (χ2n) is 4.22. The summed E-state index contributed by atoms with van der Waals surface area (Å²) < 4.78 is 0. The van der Waals surface area contributed by atoms with E-state index in [1.54, 1.807) is 6.07 Å². The molecule has 0 radical (unpaired) electrons. The molecule has 0 aliphatic rings. The van der Waals surface area contributed by atoms with Crippen molar-refractivity contribution in [1.82, 2.24) is 10.6 Å². The lowest BCUT2D eigenvalue weighted by molar-refractivity contribution is 0.241. The maximum atomic E-state index is 11.3. The molecule has 2 aromatic rings. The molecule has 0 spiro atoms. The van der Waals surface area contributed by atoms with Crippen LogP contribution in [0.2, 0.25) is 0 Å². The van der Waals surface area contributed by atoms with Crippen molar-refractivity contribution in [3.8, 4) is 6.07 Å². The van der Waals surface area contributed by atoms with E-state index in [-0.39, 0.29) is 6.03 Å². The first-order valence-corrected chi connectivity index (χ1v) is 6.17. The van der Waals surface area contributed by atoms with Gasteiger partial charge in [0.2, 0.25) is 0 Å². The Hall–Kier alpha value is -2.54. The number of nitriles is 1. The third-order valence-electron chi connectivity index (χ3n) is 2.82. The Bertz CT molecular complexity index is 643. The fraction of sp³-hybridized carbons (Fsp3) is 0.200. The van der Waals surface area contributed by atoms with E-state index in [9.17, 15) is 4.79 Å². The van der Waals surface area contributed by atoms with Gasteiger partial charge in [0.25, 0.3) is 0 Å². The monoisotopic (exact) mass is 253 g/mol. The third-order valence-corrected chi connectivity index (χ3v) is 2.82. The molecule has 19 heavy (non-hydrogen) atoms. The molecule has 0 atom stereocenters. The number of carbonyl (C=O) groups excluding carboxylic acids is 1. The first kappa shape index (κ1) is 12.9. The Balaban J connectivity index is 2.16. The van der Waals surface area contributed by atoms with Crippen molar-refractivity contribution in [3.05, 3.63) is 47.5 Å². The highest BCUT2D eigenvalue weighted by atomic mass is 16.2. The number of carbonyl (C=O) groups is 1. The number of amides is 2. The molecule has 0 bridgehead atoms. The number of hydrogen-bond acceptors (Lipinski definition) is 2. The molecular formula is C15H15N3O. The fourth-order valence-corrected chi connectivity index (χ4v) is 1.88. The van der Waals surface area contributed by atoms with Gasteiger partial charge in [0.1, 0.15) is 0 Å². The fourth-order valence-electron chi connectivity index (χ4n) is 1.88. The van der Waals surface area contributed by atoms with Crippen LogP contribution in [0.15, 0.2) is 36.4 Å². The Kier molecular flexibility index (Phi) is 3.99. The minimum atomic E-state index is -0.173. The lowest BCUT2D eigenvalue weighted by Gasteiger charge is -2.07. The normalized spacial score (nSPS) is 9.89. The molecule has 0 unspecified atom stereocenters. The van der Waals surface area contributed by atoms with E-state index in [0.717, 1.165) is 16.3 Å². The zero-order valence-electron chi connectivity index (χ0n) is 10.7. The summed E-state index contributed by atoms with van der Waals surface area (Å²) >= 11 is 0. The van der Waals surface area contributed by atoms with Gasteiger partial charge in [0.15, 0.2) is 0 Å². The Morgan fingerprint density at radius 3 is 2.68 bits per heavy atom. The number of benzene rings is 2. The van der Waals surface area contributed by atoms with Gasteiger partial charge in [-0.05, 0) is 41.5 Å². The molecule has 2 aromatic carbocycles. The first-order valence-electron chi connectivity index (χ1n) is 6.17. The van der Waals surface area contributed by atoms with Crippen molar-refractivity contribution in [2.24, 2.45) is 0 Å². The topological polar surface area (TPSA) is 64.9 Å². The number of fused-ring (bicyclic) bond motifs is 1. The molecule has 4 nitrogen and oxygen atoms in total. The van der Waals surface area contributed by atoms with E-state index in [2.05, 4.69) is 16.7 Å². The largest absolute Gasteiger partial charge is 0.338 e. The van der Waals surface area contributed by atoms with Gasteiger partial charge in [0, 0.05) is 13.1 Å². The Morgan fingerprint density at radius 2 is 1.95 bits per heavy atom. The van der Waals surface area contributed by atoms with Gasteiger partial charge in [-0.25, -0.2) is 4.79 Å². The molecule has 0 saturated carbocycles. The molecule has 2 rings (SSSR count). The number of nitrogens with zero attached hydrogens (tertiary/aromatic N) is 1. The van der Waals surface area contributed by atoms with Gasteiger partial charge in [0.05, 0.1) is 11.6 Å². The third kappa shape index (κ3) is 3.23. The van der Waals surface area contributed by atoms with Gasteiger partial charge in [-0.3, -0.25) is 0 Å². The maximum Gasteiger partial charge on any atom is 0.315 e. The molecular weight excluding hydrogens is 238 g/mol. The van der Waals surface area contributed by atoms with E-state index in [1.165, 1.54) is 0 Å². The van der Waals surface area contributed by atoms with E-state index < -0.39 is 0 Å². The zero-order chi connectivity index (χ0) is 13.7. The Morgan fingerprint density at radius 1 is 1.16 bits per heavy atom. The molecule has 0 saturated heterocycles. The quantitative estimate of drug-likeness (QED) is 0.882. The van der Waals surface area contributed by atoms with Crippen LogP contribution >= 0.6 is 0 Å². The Labute approximate surface area is 112 Å². The molecule has 96 valence electrons. The molecule has 0 fully saturated rings. The van der Waals surface area contributed by atoms with Gasteiger partial charge in [-0.2, -0.15) is 5.26 Å². The van der Waals surface area contributed by atoms with Gasteiger partial charge in [-0.1, -0.05) is 18.2 Å². The molecule has 2 N–H and O–H groups in total. The molecule has 2 amide bonds. The van der Waals surface area contributed by atoms with Crippen LogP contribution in [0.4, 0.5) is 4.79 Å². The molecule has 0 aromatic heterocycles. The molecule has 0 heterocycles. The minimum Gasteiger partial charge on any atom is -0.338 e. The summed E-state index contributed by atoms with van der Waals surface area (Å²) in [5.74, 6) is 0. The maximum absolute atomic E-state index is 11.3. The number of hydrogen-bond donors (Lipinski definition) is 2. The number of rotatable bonds is 3. The molecule has 0 aliphatic heterocycles. The van der Waals surface area contributed by atoms with Crippen molar-refractivity contribution < 1.29 is 4.79 Å². The number of nitrogens with one attached hydrogen (secondary N) is 2. The summed E-state index contributed by atoms with van der Waals surface area (Å²) in [7, 11) is 0. The average molecular weight is 253 g/mol. The highest BCUT2D eigenvalue weighted by Gasteiger charge is 2.01. The molecule has 0 aliphatic carbocycles. The summed E-state index contributed by atoms with van der Waals surface area (Å²) in [4.78, 5) is 11.3. The van der Waals surface area contributed by atoms with Gasteiger partial charge < -0.3 is 10.6 Å². The van der Waals surface area contributed by atoms with Crippen LogP contribution in [-0.2, 0) is 6.54 Å². The lowest BCUT2D eigenvalue weighted by atomic mass is 10.0. The van der Waals surface area contributed by atoms with Crippen LogP contribution in [-0.4, -0.2) is 12.6 Å². The van der Waals surface area contributed by atoms with E-state index in [0.29, 0.717) is 18.7 Å². The van der Waals surface area contributed by atoms with E-state index in [4.69, 9.17) is 5.26 Å². The van der Waals surface area contributed by atoms with Gasteiger partial charge >= 0.3 is 6.03 Å². The van der Waals surface area contributed by atoms with E-state index >= 15 is 0 Å². The molecule has 4 heteroatoms. The summed E-state index contributed by atoms with van der Waals surface area (Å²) in [6.07, 6.45) is 0. The van der Waals surface area contributed by atoms with Crippen LogP contribution in [0, 0.1) is 11.3 Å². The number of urea groups is 1. The van der Waals surface area contributed by atoms with Crippen molar-refractivity contribution in [1.29, 1.82) is 5.26 Å². The smallest absolute Gasteiger partial charge is 0.315 e. The summed E-state index contributed by atoms with van der Waals surface area (Å²) in [6, 6.07) is 13.5. The van der Waals surface area contributed by atoms with E-state index in [1.807, 2.05) is 37.3 Å². The van der Waals surface area contributed by atoms with Crippen molar-refractivity contribution in [2.45, 2.75) is 13.5 Å². The van der Waals surface area contributed by atoms with Crippen LogP contribution in [0.5, 0.6) is 0 Å². The SMILES string of the molecule is CCNC(=O)NCc1ccc2ccc(C#N)cc2c1. The van der Waals surface area contributed by atoms with Crippen molar-refractivity contribution in [3.63, 3.8) is 0 Å². The second-order valence-corrected chi connectivity index (χ2v) is 4.22. The van der Waals surface area contributed by atoms with Crippen LogP contribution in [0.25, 0.3) is 10.8 Å². The van der Waals surface area contributed by atoms with Crippen LogP contribution in [0.1, 0.15) is 18.1 Å². The highest BCUT2D eigenvalue weighted by Crippen LogP contribution is 2.17. The summed E-state index contributed by atoms with van der Waals surface area (Å²) in [6.45, 7) is 2.95. The highest BCUT2D eigenvalue weighted by molar-refractivity contribution is 5.84. The second kappa shape index (κ2) is 5.87. The summed E-state index contributed by atoms with van der Waals surface area (Å²) in [5.41, 5.74) is 1.65. The first-order chi connectivity index (χ1) is 9.22. The average Bonchev–Trinajstić information content (AvgIpc) is 2.44. The summed E-state index contributed by atoms with van der Waals surface area (Å²) in [5, 5.41) is 16.4. The van der Waals surface area contributed by atoms with Crippen molar-refractivity contribution in [2.75, 3.05) is 6.54 Å². The standard InChI is InChI=1S/C15H15N3O/c1-2-17-15(19)18-10-12-4-6-13-5-3-11(9-16)7-14(13)8-12/h3-8H,2,10H2,1H3,(H2,17,18,19). The van der Waals surface area contributed by atoms with Crippen LogP contribution in [0.3, 0.4) is 0 Å². The van der Waals surface area contributed by atoms with Crippen molar-refractivity contribution >= 4 is 16.8 Å².